The van der Waals surface area contributed by atoms with E-state index in [-0.39, 0.29) is 5.91 Å². The molecule has 0 spiro atoms. The molecule has 1 amide bonds. The molecule has 1 fully saturated rings. The largest absolute Gasteiger partial charge is 0.296 e. The van der Waals surface area contributed by atoms with E-state index in [1.54, 1.807) is 16.0 Å². The quantitative estimate of drug-likeness (QED) is 0.948. The molecule has 1 N–H and O–H groups in total. The van der Waals surface area contributed by atoms with Crippen molar-refractivity contribution in [1.29, 1.82) is 0 Å². The lowest BCUT2D eigenvalue weighted by Crippen LogP contribution is -2.15. The zero-order valence-corrected chi connectivity index (χ0v) is 12.9. The lowest BCUT2D eigenvalue weighted by Gasteiger charge is -2.22. The van der Waals surface area contributed by atoms with Gasteiger partial charge in [0.1, 0.15) is 5.69 Å². The third kappa shape index (κ3) is 2.27. The number of nitrogens with zero attached hydrogens (tertiary/aromatic N) is 3. The van der Waals surface area contributed by atoms with Crippen molar-refractivity contribution in [3.05, 3.63) is 28.0 Å². The summed E-state index contributed by atoms with van der Waals surface area (Å²) in [4.78, 5) is 18.2. The van der Waals surface area contributed by atoms with E-state index < -0.39 is 0 Å². The highest BCUT2D eigenvalue weighted by atomic mass is 32.1. The van der Waals surface area contributed by atoms with Gasteiger partial charge >= 0.3 is 0 Å². The minimum atomic E-state index is -0.108. The van der Waals surface area contributed by atoms with Crippen molar-refractivity contribution in [2.75, 3.05) is 5.32 Å². The third-order valence-corrected chi connectivity index (χ3v) is 5.54. The summed E-state index contributed by atoms with van der Waals surface area (Å²) in [6, 6.07) is 1.93. The molecule has 1 saturated carbocycles. The van der Waals surface area contributed by atoms with Gasteiger partial charge in [-0.05, 0) is 38.2 Å². The number of anilines is 1. The van der Waals surface area contributed by atoms with E-state index in [9.17, 15) is 4.79 Å². The van der Waals surface area contributed by atoms with E-state index in [0.29, 0.717) is 11.6 Å². The lowest BCUT2D eigenvalue weighted by atomic mass is 9.83. The Labute approximate surface area is 127 Å². The highest BCUT2D eigenvalue weighted by Crippen LogP contribution is 2.36. The van der Waals surface area contributed by atoms with Crippen LogP contribution in [0.25, 0.3) is 0 Å². The molecule has 0 atom stereocenters. The molecule has 0 saturated heterocycles. The molecule has 2 aliphatic rings. The zero-order valence-electron chi connectivity index (χ0n) is 12.1. The van der Waals surface area contributed by atoms with Crippen LogP contribution in [0.15, 0.2) is 6.07 Å². The van der Waals surface area contributed by atoms with Crippen molar-refractivity contribution >= 4 is 22.4 Å². The third-order valence-electron chi connectivity index (χ3n) is 4.47. The van der Waals surface area contributed by atoms with E-state index in [1.165, 1.54) is 30.6 Å². The summed E-state index contributed by atoms with van der Waals surface area (Å²) < 4.78 is 1.68. The second-order valence-electron chi connectivity index (χ2n) is 5.90. The van der Waals surface area contributed by atoms with E-state index in [4.69, 9.17) is 0 Å². The van der Waals surface area contributed by atoms with Crippen LogP contribution in [0, 0.1) is 0 Å². The van der Waals surface area contributed by atoms with Crippen LogP contribution in [0.4, 0.5) is 5.13 Å². The van der Waals surface area contributed by atoms with Gasteiger partial charge in [0.15, 0.2) is 5.13 Å². The molecule has 2 aliphatic carbocycles. The van der Waals surface area contributed by atoms with E-state index in [1.807, 2.05) is 13.1 Å². The Morgan fingerprint density at radius 1 is 1.38 bits per heavy atom. The van der Waals surface area contributed by atoms with Gasteiger partial charge in [0.05, 0.1) is 11.4 Å². The standard InChI is InChI=1S/C15H18N4OS/c1-19-12(8-11(18-19)9-4-2-5-9)14(20)17-15-16-10-6-3-7-13(10)21-15/h8-9H,2-7H2,1H3,(H,16,17,20). The van der Waals surface area contributed by atoms with Crippen molar-refractivity contribution in [3.8, 4) is 0 Å². The molecule has 5 nitrogen and oxygen atoms in total. The number of carbonyl (C=O) groups excluding carboxylic acids is 1. The lowest BCUT2D eigenvalue weighted by molar-refractivity contribution is 0.101. The van der Waals surface area contributed by atoms with Gasteiger partial charge in [-0.1, -0.05) is 6.42 Å². The number of aryl methyl sites for hydroxylation is 3. The predicted molar refractivity (Wildman–Crippen MR) is 81.9 cm³/mol. The predicted octanol–water partition coefficient (Wildman–Crippen LogP) is 2.89. The summed E-state index contributed by atoms with van der Waals surface area (Å²) in [6.07, 6.45) is 6.98. The fourth-order valence-electron chi connectivity index (χ4n) is 3.01. The van der Waals surface area contributed by atoms with Gasteiger partial charge in [0.2, 0.25) is 0 Å². The minimum absolute atomic E-state index is 0.108. The number of fused-ring (bicyclic) bond motifs is 1. The maximum atomic E-state index is 12.4. The van der Waals surface area contributed by atoms with Crippen LogP contribution in [0.1, 0.15) is 58.4 Å². The molecule has 4 rings (SSSR count). The van der Waals surface area contributed by atoms with E-state index in [2.05, 4.69) is 15.4 Å². The molecule has 6 heteroatoms. The number of thiazole rings is 1. The molecule has 0 aromatic carbocycles. The minimum Gasteiger partial charge on any atom is -0.296 e. The van der Waals surface area contributed by atoms with Gasteiger partial charge < -0.3 is 0 Å². The number of hydrogen-bond donors (Lipinski definition) is 1. The number of nitrogens with one attached hydrogen (secondary N) is 1. The van der Waals surface area contributed by atoms with Gasteiger partial charge in [-0.2, -0.15) is 5.10 Å². The summed E-state index contributed by atoms with van der Waals surface area (Å²) in [5.41, 5.74) is 2.83. The number of carbonyl (C=O) groups is 1. The molecule has 0 unspecified atom stereocenters. The van der Waals surface area contributed by atoms with Gasteiger partial charge in [-0.15, -0.1) is 11.3 Å². The summed E-state index contributed by atoms with van der Waals surface area (Å²) in [5.74, 6) is 0.435. The topological polar surface area (TPSA) is 59.8 Å². The molecule has 0 aliphatic heterocycles. The first-order valence-electron chi connectivity index (χ1n) is 7.54. The van der Waals surface area contributed by atoms with Gasteiger partial charge in [-0.3, -0.25) is 14.8 Å². The van der Waals surface area contributed by atoms with Crippen LogP contribution in [0.5, 0.6) is 0 Å². The Kier molecular flexibility index (Phi) is 3.06. The first-order valence-corrected chi connectivity index (χ1v) is 8.36. The van der Waals surface area contributed by atoms with Crippen LogP contribution in [-0.4, -0.2) is 20.7 Å². The van der Waals surface area contributed by atoms with Gasteiger partial charge in [0.25, 0.3) is 5.91 Å². The number of hydrogen-bond acceptors (Lipinski definition) is 4. The SMILES string of the molecule is Cn1nc(C2CCC2)cc1C(=O)Nc1nc2c(s1)CCC2. The molecule has 110 valence electrons. The van der Waals surface area contributed by atoms with Gasteiger partial charge in [-0.25, -0.2) is 4.98 Å². The number of amides is 1. The average Bonchev–Trinajstić information content (AvgIpc) is 3.01. The smallest absolute Gasteiger partial charge is 0.275 e. The molecule has 0 radical (unpaired) electrons. The Morgan fingerprint density at radius 3 is 2.95 bits per heavy atom. The van der Waals surface area contributed by atoms with E-state index >= 15 is 0 Å². The second-order valence-corrected chi connectivity index (χ2v) is 6.99. The molecular formula is C15H18N4OS. The fraction of sp³-hybridized carbons (Fsp3) is 0.533. The second kappa shape index (κ2) is 4.94. The number of rotatable bonds is 3. The van der Waals surface area contributed by atoms with E-state index in [0.717, 1.165) is 29.4 Å². The summed E-state index contributed by atoms with van der Waals surface area (Å²) in [5, 5.41) is 8.13. The van der Waals surface area contributed by atoms with Crippen LogP contribution in [0.3, 0.4) is 0 Å². The average molecular weight is 302 g/mol. The van der Waals surface area contributed by atoms with Crippen molar-refractivity contribution in [2.45, 2.75) is 44.4 Å². The summed E-state index contributed by atoms with van der Waals surface area (Å²) >= 11 is 1.61. The van der Waals surface area contributed by atoms with Crippen LogP contribution in [-0.2, 0) is 19.9 Å². The highest BCUT2D eigenvalue weighted by molar-refractivity contribution is 7.15. The van der Waals surface area contributed by atoms with Crippen molar-refractivity contribution in [2.24, 2.45) is 7.05 Å². The maximum Gasteiger partial charge on any atom is 0.275 e. The molecule has 2 aromatic rings. The Balaban J connectivity index is 1.52. The van der Waals surface area contributed by atoms with Crippen LogP contribution < -0.4 is 5.32 Å². The first kappa shape index (κ1) is 13.0. The van der Waals surface area contributed by atoms with Crippen molar-refractivity contribution < 1.29 is 4.79 Å². The van der Waals surface area contributed by atoms with Crippen molar-refractivity contribution in [3.63, 3.8) is 0 Å². The monoisotopic (exact) mass is 302 g/mol. The Hall–Kier alpha value is -1.69. The molecule has 21 heavy (non-hydrogen) atoms. The summed E-state index contributed by atoms with van der Waals surface area (Å²) in [6.45, 7) is 0. The summed E-state index contributed by atoms with van der Waals surface area (Å²) in [7, 11) is 1.83. The fourth-order valence-corrected chi connectivity index (χ4v) is 4.06. The first-order chi connectivity index (χ1) is 10.2. The maximum absolute atomic E-state index is 12.4. The molecule has 2 aromatic heterocycles. The molecular weight excluding hydrogens is 284 g/mol. The number of aromatic nitrogens is 3. The molecule has 2 heterocycles. The van der Waals surface area contributed by atoms with Crippen LogP contribution >= 0.6 is 11.3 Å². The van der Waals surface area contributed by atoms with Crippen LogP contribution in [0.2, 0.25) is 0 Å². The molecule has 0 bridgehead atoms. The van der Waals surface area contributed by atoms with Crippen molar-refractivity contribution in [1.82, 2.24) is 14.8 Å². The normalized spacial score (nSPS) is 17.6. The Bertz CT molecular complexity index is 677. The highest BCUT2D eigenvalue weighted by Gasteiger charge is 2.25. The zero-order chi connectivity index (χ0) is 14.4. The van der Waals surface area contributed by atoms with Gasteiger partial charge in [0, 0.05) is 17.8 Å². The Morgan fingerprint density at radius 2 is 2.24 bits per heavy atom.